The van der Waals surface area contributed by atoms with Crippen molar-refractivity contribution in [3.05, 3.63) is 95.3 Å². The van der Waals surface area contributed by atoms with Crippen LogP contribution in [-0.2, 0) is 16.1 Å². The van der Waals surface area contributed by atoms with Crippen molar-refractivity contribution in [2.45, 2.75) is 25.9 Å². The third kappa shape index (κ3) is 5.04. The molecule has 1 aromatic heterocycles. The Morgan fingerprint density at radius 3 is 2.43 bits per heavy atom. The van der Waals surface area contributed by atoms with Crippen LogP contribution < -0.4 is 9.64 Å². The Kier molecular flexibility index (Phi) is 7.15. The van der Waals surface area contributed by atoms with Gasteiger partial charge in [-0.05, 0) is 53.9 Å². The Morgan fingerprint density at radius 1 is 1.06 bits per heavy atom. The summed E-state index contributed by atoms with van der Waals surface area (Å²) >= 11 is 0. The number of anilines is 1. The number of benzene rings is 2. The molecule has 2 heterocycles. The van der Waals surface area contributed by atoms with Crippen LogP contribution in [0.1, 0.15) is 36.1 Å². The number of likely N-dealkylation sites (tertiary alicyclic amines) is 1. The second-order valence-corrected chi connectivity index (χ2v) is 8.64. The molecule has 0 bridgehead atoms. The molecule has 0 radical (unpaired) electrons. The van der Waals surface area contributed by atoms with Crippen molar-refractivity contribution in [1.82, 2.24) is 9.88 Å². The van der Waals surface area contributed by atoms with Gasteiger partial charge in [0.2, 0.25) is 0 Å². The normalized spacial score (nSPS) is 17.0. The van der Waals surface area contributed by atoms with E-state index in [-0.39, 0.29) is 17.9 Å². The van der Waals surface area contributed by atoms with E-state index in [2.05, 4.69) is 4.98 Å². The molecule has 1 unspecified atom stereocenters. The standard InChI is InChI=1S/C28H29N3O4/c1-4-16-35-23-7-5-6-21(17-23)26(32)24-25(20-8-10-22(11-9-20)30(2)3)31(28(34)27(24)33)18-19-12-14-29-15-13-19/h5-15,17,25,32H,4,16,18H2,1-3H3. The third-order valence-electron chi connectivity index (χ3n) is 5.95. The van der Waals surface area contributed by atoms with Gasteiger partial charge >= 0.3 is 0 Å². The van der Waals surface area contributed by atoms with Gasteiger partial charge in [-0.3, -0.25) is 14.6 Å². The maximum absolute atomic E-state index is 13.3. The van der Waals surface area contributed by atoms with Gasteiger partial charge in [-0.15, -0.1) is 0 Å². The zero-order valence-electron chi connectivity index (χ0n) is 20.1. The zero-order valence-corrected chi connectivity index (χ0v) is 20.1. The van der Waals surface area contributed by atoms with Crippen molar-refractivity contribution in [2.75, 3.05) is 25.6 Å². The van der Waals surface area contributed by atoms with Crippen molar-refractivity contribution < 1.29 is 19.4 Å². The van der Waals surface area contributed by atoms with Crippen LogP contribution in [0.3, 0.4) is 0 Å². The number of aliphatic hydroxyl groups excluding tert-OH is 1. The number of carbonyl (C=O) groups excluding carboxylic acids is 2. The summed E-state index contributed by atoms with van der Waals surface area (Å²) in [6, 6.07) is 17.5. The van der Waals surface area contributed by atoms with Gasteiger partial charge in [-0.1, -0.05) is 31.2 Å². The summed E-state index contributed by atoms with van der Waals surface area (Å²) in [7, 11) is 3.89. The van der Waals surface area contributed by atoms with E-state index in [9.17, 15) is 14.7 Å². The molecule has 1 aliphatic heterocycles. The minimum atomic E-state index is -0.736. The van der Waals surface area contributed by atoms with Crippen LogP contribution in [0.4, 0.5) is 5.69 Å². The van der Waals surface area contributed by atoms with E-state index in [4.69, 9.17) is 4.74 Å². The molecule has 7 heteroatoms. The van der Waals surface area contributed by atoms with Crippen molar-refractivity contribution in [3.63, 3.8) is 0 Å². The van der Waals surface area contributed by atoms with Crippen LogP contribution in [0.2, 0.25) is 0 Å². The number of ether oxygens (including phenoxy) is 1. The number of carbonyl (C=O) groups is 2. The van der Waals surface area contributed by atoms with E-state index >= 15 is 0 Å². The van der Waals surface area contributed by atoms with E-state index in [1.165, 1.54) is 4.90 Å². The van der Waals surface area contributed by atoms with Crippen LogP contribution in [0.25, 0.3) is 5.76 Å². The molecule has 0 aliphatic carbocycles. The maximum Gasteiger partial charge on any atom is 0.295 e. The minimum absolute atomic E-state index is 0.0642. The van der Waals surface area contributed by atoms with Gasteiger partial charge in [0.25, 0.3) is 11.7 Å². The molecule has 35 heavy (non-hydrogen) atoms. The molecule has 180 valence electrons. The number of hydrogen-bond donors (Lipinski definition) is 1. The molecule has 3 aromatic rings. The van der Waals surface area contributed by atoms with Gasteiger partial charge in [0, 0.05) is 44.3 Å². The van der Waals surface area contributed by atoms with Gasteiger partial charge in [0.15, 0.2) is 0 Å². The van der Waals surface area contributed by atoms with Gasteiger partial charge in [-0.25, -0.2) is 0 Å². The number of aromatic nitrogens is 1. The summed E-state index contributed by atoms with van der Waals surface area (Å²) in [6.07, 6.45) is 4.14. The number of aliphatic hydroxyl groups is 1. The first-order valence-corrected chi connectivity index (χ1v) is 11.6. The van der Waals surface area contributed by atoms with Crippen molar-refractivity contribution in [3.8, 4) is 5.75 Å². The molecule has 1 N–H and O–H groups in total. The first-order chi connectivity index (χ1) is 16.9. The van der Waals surface area contributed by atoms with Crippen molar-refractivity contribution in [2.24, 2.45) is 0 Å². The lowest BCUT2D eigenvalue weighted by Crippen LogP contribution is -2.29. The van der Waals surface area contributed by atoms with E-state index in [0.29, 0.717) is 17.9 Å². The highest BCUT2D eigenvalue weighted by Crippen LogP contribution is 2.41. The van der Waals surface area contributed by atoms with Crippen molar-refractivity contribution >= 4 is 23.1 Å². The quantitative estimate of drug-likeness (QED) is 0.295. The summed E-state index contributed by atoms with van der Waals surface area (Å²) in [5.74, 6) is -0.987. The first kappa shape index (κ1) is 24.0. The average Bonchev–Trinajstić information content (AvgIpc) is 3.12. The lowest BCUT2D eigenvalue weighted by atomic mass is 9.95. The lowest BCUT2D eigenvalue weighted by Gasteiger charge is -2.26. The number of ketones is 1. The second-order valence-electron chi connectivity index (χ2n) is 8.64. The van der Waals surface area contributed by atoms with Gasteiger partial charge in [0.1, 0.15) is 11.5 Å². The number of hydrogen-bond acceptors (Lipinski definition) is 6. The predicted molar refractivity (Wildman–Crippen MR) is 135 cm³/mol. The monoisotopic (exact) mass is 471 g/mol. The molecular formula is C28H29N3O4. The fraction of sp³-hybridized carbons (Fsp3) is 0.250. The summed E-state index contributed by atoms with van der Waals surface area (Å²) in [4.78, 5) is 34.0. The molecule has 4 rings (SSSR count). The third-order valence-corrected chi connectivity index (χ3v) is 5.95. The van der Waals surface area contributed by atoms with Crippen LogP contribution in [-0.4, -0.2) is 47.4 Å². The molecule has 1 fully saturated rings. The molecule has 1 saturated heterocycles. The Hall–Kier alpha value is -4.13. The van der Waals surface area contributed by atoms with E-state index < -0.39 is 17.7 Å². The number of nitrogens with zero attached hydrogens (tertiary/aromatic N) is 3. The molecule has 7 nitrogen and oxygen atoms in total. The zero-order chi connectivity index (χ0) is 24.9. The fourth-order valence-electron chi connectivity index (χ4n) is 4.14. The van der Waals surface area contributed by atoms with Crippen LogP contribution >= 0.6 is 0 Å². The summed E-state index contributed by atoms with van der Waals surface area (Å²) < 4.78 is 5.70. The summed E-state index contributed by atoms with van der Waals surface area (Å²) in [6.45, 7) is 2.76. The highest BCUT2D eigenvalue weighted by atomic mass is 16.5. The molecule has 1 aliphatic rings. The van der Waals surface area contributed by atoms with Gasteiger partial charge in [-0.2, -0.15) is 0 Å². The largest absolute Gasteiger partial charge is 0.507 e. The second kappa shape index (κ2) is 10.4. The molecular weight excluding hydrogens is 442 g/mol. The number of Topliss-reactive ketones (excluding diaryl/α,β-unsaturated/α-hetero) is 1. The van der Waals surface area contributed by atoms with Crippen LogP contribution in [0, 0.1) is 0 Å². The van der Waals surface area contributed by atoms with E-state index in [0.717, 1.165) is 23.2 Å². The highest BCUT2D eigenvalue weighted by Gasteiger charge is 2.46. The van der Waals surface area contributed by atoms with E-state index in [1.54, 1.807) is 48.8 Å². The molecule has 0 saturated carbocycles. The SMILES string of the molecule is CCCOc1cccc(C(O)=C2C(=O)C(=O)N(Cc3ccncc3)C2c2ccc(N(C)C)cc2)c1. The Labute approximate surface area is 205 Å². The number of rotatable bonds is 8. The summed E-state index contributed by atoms with van der Waals surface area (Å²) in [5, 5.41) is 11.3. The molecule has 1 atom stereocenters. The van der Waals surface area contributed by atoms with Crippen molar-refractivity contribution in [1.29, 1.82) is 0 Å². The average molecular weight is 472 g/mol. The topological polar surface area (TPSA) is 83.0 Å². The first-order valence-electron chi connectivity index (χ1n) is 11.6. The Balaban J connectivity index is 1.82. The lowest BCUT2D eigenvalue weighted by molar-refractivity contribution is -0.140. The summed E-state index contributed by atoms with van der Waals surface area (Å²) in [5.41, 5.74) is 3.06. The molecule has 1 amide bonds. The van der Waals surface area contributed by atoms with Crippen LogP contribution in [0.15, 0.2) is 78.6 Å². The van der Waals surface area contributed by atoms with Gasteiger partial charge < -0.3 is 19.6 Å². The maximum atomic E-state index is 13.3. The predicted octanol–water partition coefficient (Wildman–Crippen LogP) is 4.56. The highest BCUT2D eigenvalue weighted by molar-refractivity contribution is 6.46. The number of pyridine rings is 1. The number of amides is 1. The Morgan fingerprint density at radius 2 is 1.77 bits per heavy atom. The van der Waals surface area contributed by atoms with Gasteiger partial charge in [0.05, 0.1) is 18.2 Å². The minimum Gasteiger partial charge on any atom is -0.507 e. The Bertz CT molecular complexity index is 1240. The molecule has 0 spiro atoms. The van der Waals surface area contributed by atoms with Crippen LogP contribution in [0.5, 0.6) is 5.75 Å². The fourth-order valence-corrected chi connectivity index (χ4v) is 4.14. The smallest absolute Gasteiger partial charge is 0.295 e. The molecule has 2 aromatic carbocycles. The van der Waals surface area contributed by atoms with E-state index in [1.807, 2.05) is 50.2 Å².